The minimum Gasteiger partial charge on any atom is -0.507 e. The van der Waals surface area contributed by atoms with Crippen molar-refractivity contribution in [3.05, 3.63) is 41.5 Å². The lowest BCUT2D eigenvalue weighted by atomic mass is 10.1. The van der Waals surface area contributed by atoms with Gasteiger partial charge < -0.3 is 10.2 Å². The summed E-state index contributed by atoms with van der Waals surface area (Å²) in [6, 6.07) is 4.83. The molecular formula is C12H12O2. The highest BCUT2D eigenvalue weighted by Crippen LogP contribution is 2.17. The molecule has 1 rings (SSSR count). The van der Waals surface area contributed by atoms with Crippen LogP contribution >= 0.6 is 0 Å². The van der Waals surface area contributed by atoms with E-state index in [9.17, 15) is 5.11 Å². The van der Waals surface area contributed by atoms with Gasteiger partial charge in [-0.3, -0.25) is 0 Å². The van der Waals surface area contributed by atoms with Crippen LogP contribution in [0.15, 0.2) is 30.4 Å². The second kappa shape index (κ2) is 4.50. The Morgan fingerprint density at radius 1 is 1.50 bits per heavy atom. The van der Waals surface area contributed by atoms with Gasteiger partial charge in [-0.25, -0.2) is 0 Å². The number of phenols is 1. The molecule has 0 aliphatic rings. The third-order valence-electron chi connectivity index (χ3n) is 1.65. The van der Waals surface area contributed by atoms with Crippen LogP contribution in [0.2, 0.25) is 0 Å². The van der Waals surface area contributed by atoms with Crippen LogP contribution in [0.4, 0.5) is 0 Å². The zero-order valence-corrected chi connectivity index (χ0v) is 8.04. The van der Waals surface area contributed by atoms with E-state index in [1.165, 1.54) is 6.07 Å². The molecule has 0 fully saturated rings. The summed E-state index contributed by atoms with van der Waals surface area (Å²) in [6.45, 7) is 5.38. The fourth-order valence-electron chi connectivity index (χ4n) is 0.956. The van der Waals surface area contributed by atoms with Crippen molar-refractivity contribution < 1.29 is 10.2 Å². The lowest BCUT2D eigenvalue weighted by Gasteiger charge is -1.99. The Kier molecular flexibility index (Phi) is 3.33. The molecule has 0 saturated carbocycles. The van der Waals surface area contributed by atoms with E-state index in [-0.39, 0.29) is 12.4 Å². The van der Waals surface area contributed by atoms with Crippen molar-refractivity contribution >= 4 is 0 Å². The van der Waals surface area contributed by atoms with Crippen molar-refractivity contribution in [1.82, 2.24) is 0 Å². The highest BCUT2D eigenvalue weighted by Gasteiger charge is 1.98. The van der Waals surface area contributed by atoms with E-state index in [0.717, 1.165) is 11.1 Å². The minimum atomic E-state index is -0.0535. The first kappa shape index (κ1) is 10.4. The first-order valence-electron chi connectivity index (χ1n) is 4.23. The van der Waals surface area contributed by atoms with Gasteiger partial charge in [-0.05, 0) is 30.2 Å². The SMILES string of the molecule is C=C(C)C#Cc1cc(CO)ccc1O. The number of allylic oxidation sites excluding steroid dienone is 1. The van der Waals surface area contributed by atoms with E-state index in [4.69, 9.17) is 5.11 Å². The van der Waals surface area contributed by atoms with Crippen molar-refractivity contribution in [3.8, 4) is 17.6 Å². The minimum absolute atomic E-state index is 0.0535. The quantitative estimate of drug-likeness (QED) is 0.660. The van der Waals surface area contributed by atoms with Crippen molar-refractivity contribution in [2.75, 3.05) is 0 Å². The molecule has 2 nitrogen and oxygen atoms in total. The summed E-state index contributed by atoms with van der Waals surface area (Å²) in [5.74, 6) is 5.67. The summed E-state index contributed by atoms with van der Waals surface area (Å²) in [4.78, 5) is 0. The second-order valence-electron chi connectivity index (χ2n) is 3.04. The third kappa shape index (κ3) is 2.65. The highest BCUT2D eigenvalue weighted by molar-refractivity contribution is 5.49. The molecule has 1 aromatic rings. The third-order valence-corrected chi connectivity index (χ3v) is 1.65. The Hall–Kier alpha value is -1.72. The number of aliphatic hydroxyl groups excluding tert-OH is 1. The van der Waals surface area contributed by atoms with E-state index in [2.05, 4.69) is 18.4 Å². The van der Waals surface area contributed by atoms with Gasteiger partial charge in [-0.1, -0.05) is 24.5 Å². The molecule has 2 heteroatoms. The first-order chi connectivity index (χ1) is 6.63. The summed E-state index contributed by atoms with van der Waals surface area (Å²) in [5.41, 5.74) is 1.98. The summed E-state index contributed by atoms with van der Waals surface area (Å²) in [5, 5.41) is 18.3. The van der Waals surface area contributed by atoms with Crippen LogP contribution in [0, 0.1) is 11.8 Å². The molecule has 0 radical (unpaired) electrons. The molecule has 0 aromatic heterocycles. The van der Waals surface area contributed by atoms with E-state index < -0.39 is 0 Å². The number of aromatic hydroxyl groups is 1. The van der Waals surface area contributed by atoms with E-state index >= 15 is 0 Å². The number of rotatable bonds is 1. The Morgan fingerprint density at radius 2 is 2.21 bits per heavy atom. The Bertz CT molecular complexity index is 408. The van der Waals surface area contributed by atoms with Crippen molar-refractivity contribution in [1.29, 1.82) is 0 Å². The van der Waals surface area contributed by atoms with Gasteiger partial charge in [0.05, 0.1) is 12.2 Å². The number of benzene rings is 1. The van der Waals surface area contributed by atoms with Gasteiger partial charge in [0.25, 0.3) is 0 Å². The maximum Gasteiger partial charge on any atom is 0.131 e. The van der Waals surface area contributed by atoms with Gasteiger partial charge in [-0.15, -0.1) is 0 Å². The molecular weight excluding hydrogens is 176 g/mol. The predicted octanol–water partition coefficient (Wildman–Crippen LogP) is 1.81. The molecule has 0 saturated heterocycles. The molecule has 0 atom stereocenters. The van der Waals surface area contributed by atoms with Crippen LogP contribution in [0.25, 0.3) is 0 Å². The van der Waals surface area contributed by atoms with Gasteiger partial charge in [0.1, 0.15) is 5.75 Å². The van der Waals surface area contributed by atoms with Gasteiger partial charge in [0, 0.05) is 0 Å². The maximum atomic E-state index is 9.43. The average Bonchev–Trinajstić information content (AvgIpc) is 2.16. The van der Waals surface area contributed by atoms with E-state index in [1.807, 2.05) is 0 Å². The van der Waals surface area contributed by atoms with Gasteiger partial charge in [0.15, 0.2) is 0 Å². The lowest BCUT2D eigenvalue weighted by Crippen LogP contribution is -1.85. The van der Waals surface area contributed by atoms with E-state index in [0.29, 0.717) is 5.56 Å². The van der Waals surface area contributed by atoms with Crippen LogP contribution in [0.1, 0.15) is 18.1 Å². The Balaban J connectivity index is 3.08. The van der Waals surface area contributed by atoms with E-state index in [1.54, 1.807) is 19.1 Å². The van der Waals surface area contributed by atoms with Crippen LogP contribution in [0.5, 0.6) is 5.75 Å². The van der Waals surface area contributed by atoms with Gasteiger partial charge in [0.2, 0.25) is 0 Å². The molecule has 0 unspecified atom stereocenters. The van der Waals surface area contributed by atoms with Crippen LogP contribution in [-0.4, -0.2) is 10.2 Å². The summed E-state index contributed by atoms with van der Waals surface area (Å²) >= 11 is 0. The normalized spacial score (nSPS) is 9.00. The fraction of sp³-hybridized carbons (Fsp3) is 0.167. The predicted molar refractivity (Wildman–Crippen MR) is 55.7 cm³/mol. The summed E-state index contributed by atoms with van der Waals surface area (Å²) < 4.78 is 0. The van der Waals surface area contributed by atoms with Crippen molar-refractivity contribution in [2.45, 2.75) is 13.5 Å². The van der Waals surface area contributed by atoms with Gasteiger partial charge >= 0.3 is 0 Å². The first-order valence-corrected chi connectivity index (χ1v) is 4.23. The molecule has 1 aromatic carbocycles. The number of aliphatic hydroxyl groups is 1. The molecule has 0 aliphatic heterocycles. The molecule has 72 valence electrons. The molecule has 0 amide bonds. The molecule has 2 N–H and O–H groups in total. The Labute approximate surface area is 83.5 Å². The lowest BCUT2D eigenvalue weighted by molar-refractivity contribution is 0.281. The molecule has 0 aliphatic carbocycles. The zero-order chi connectivity index (χ0) is 10.6. The largest absolute Gasteiger partial charge is 0.507 e. The Morgan fingerprint density at radius 3 is 2.79 bits per heavy atom. The molecule has 0 spiro atoms. The molecule has 0 bridgehead atoms. The average molecular weight is 188 g/mol. The monoisotopic (exact) mass is 188 g/mol. The van der Waals surface area contributed by atoms with Crippen LogP contribution < -0.4 is 0 Å². The van der Waals surface area contributed by atoms with Crippen LogP contribution in [-0.2, 0) is 6.61 Å². The number of hydrogen-bond acceptors (Lipinski definition) is 2. The standard InChI is InChI=1S/C12H12O2/c1-9(2)3-5-11-7-10(8-13)4-6-12(11)14/h4,6-7,13-14H,1,8H2,2H3. The topological polar surface area (TPSA) is 40.5 Å². The summed E-state index contributed by atoms with van der Waals surface area (Å²) in [6.07, 6.45) is 0. The van der Waals surface area contributed by atoms with Crippen molar-refractivity contribution in [2.24, 2.45) is 0 Å². The molecule has 0 heterocycles. The highest BCUT2D eigenvalue weighted by atomic mass is 16.3. The molecule has 14 heavy (non-hydrogen) atoms. The summed E-state index contributed by atoms with van der Waals surface area (Å²) in [7, 11) is 0. The zero-order valence-electron chi connectivity index (χ0n) is 8.04. The van der Waals surface area contributed by atoms with Crippen molar-refractivity contribution in [3.63, 3.8) is 0 Å². The smallest absolute Gasteiger partial charge is 0.131 e. The number of hydrogen-bond donors (Lipinski definition) is 2. The number of phenolic OH excluding ortho intramolecular Hbond substituents is 1. The maximum absolute atomic E-state index is 9.43. The fourth-order valence-corrected chi connectivity index (χ4v) is 0.956. The van der Waals surface area contributed by atoms with Crippen LogP contribution in [0.3, 0.4) is 0 Å². The van der Waals surface area contributed by atoms with Gasteiger partial charge in [-0.2, -0.15) is 0 Å². The second-order valence-corrected chi connectivity index (χ2v) is 3.04.